The van der Waals surface area contributed by atoms with Crippen LogP contribution in [0.25, 0.3) is 21.8 Å². The Hall–Kier alpha value is -4.18. The van der Waals surface area contributed by atoms with Gasteiger partial charge in [-0.1, -0.05) is 91.5 Å². The second-order valence-electron chi connectivity index (χ2n) is 11.4. The molecular weight excluding hydrogens is 504 g/mol. The highest BCUT2D eigenvalue weighted by atomic mass is 16.6. The zero-order valence-corrected chi connectivity index (χ0v) is 24.1. The van der Waals surface area contributed by atoms with Crippen molar-refractivity contribution >= 4 is 33.3 Å². The Morgan fingerprint density at radius 1 is 0.854 bits per heavy atom. The van der Waals surface area contributed by atoms with Crippen LogP contribution in [0.3, 0.4) is 0 Å². The molecule has 1 aliphatic carbocycles. The number of oxime groups is 1. The number of nitrogens with zero attached hydrogens (tertiary/aromatic N) is 2. The standard InChI is InChI=1S/C37H38N2O2/c1-3-39-35-19-17-29(21-30-16-10-7-11-26(30)2)22-32(35)33-24-31(18-20-36(33)39)37(40)34(23-27-12-8-9-13-27)38-41-25-28-14-5-4-6-15-28/h4-7,10-11,14-20,22,24,27H,3,8-9,12-13,21,23,25H2,1-2H3. The van der Waals surface area contributed by atoms with E-state index in [1.165, 1.54) is 40.4 Å². The molecule has 1 heterocycles. The Kier molecular flexibility index (Phi) is 8.00. The lowest BCUT2D eigenvalue weighted by Crippen LogP contribution is -2.18. The number of carbonyl (C=O) groups excluding carboxylic acids is 1. The summed E-state index contributed by atoms with van der Waals surface area (Å²) < 4.78 is 2.34. The molecule has 0 amide bonds. The third-order valence-electron chi connectivity index (χ3n) is 8.63. The van der Waals surface area contributed by atoms with E-state index in [4.69, 9.17) is 4.84 Å². The molecule has 1 saturated carbocycles. The van der Waals surface area contributed by atoms with E-state index in [-0.39, 0.29) is 5.78 Å². The summed E-state index contributed by atoms with van der Waals surface area (Å²) in [6, 6.07) is 31.5. The number of Topliss-reactive ketones (excluding diaryl/α,β-unsaturated/α-hetero) is 1. The number of rotatable bonds is 10. The Morgan fingerprint density at radius 3 is 2.32 bits per heavy atom. The van der Waals surface area contributed by atoms with Crippen molar-refractivity contribution in [2.45, 2.75) is 65.5 Å². The first-order valence-electron chi connectivity index (χ1n) is 15.0. The van der Waals surface area contributed by atoms with E-state index >= 15 is 0 Å². The molecule has 1 aromatic heterocycles. The van der Waals surface area contributed by atoms with Crippen LogP contribution in [-0.2, 0) is 24.4 Å². The Labute approximate surface area is 242 Å². The zero-order valence-electron chi connectivity index (χ0n) is 24.1. The summed E-state index contributed by atoms with van der Waals surface area (Å²) in [6.07, 6.45) is 6.31. The largest absolute Gasteiger partial charge is 0.391 e. The van der Waals surface area contributed by atoms with E-state index in [9.17, 15) is 4.79 Å². The Bertz CT molecular complexity index is 1710. The van der Waals surface area contributed by atoms with Gasteiger partial charge < -0.3 is 9.40 Å². The normalized spacial score (nSPS) is 14.2. The zero-order chi connectivity index (χ0) is 28.2. The minimum absolute atomic E-state index is 0.0275. The molecule has 0 aliphatic heterocycles. The van der Waals surface area contributed by atoms with Gasteiger partial charge in [0.2, 0.25) is 5.78 Å². The van der Waals surface area contributed by atoms with Gasteiger partial charge in [-0.2, -0.15) is 0 Å². The van der Waals surface area contributed by atoms with Crippen molar-refractivity contribution in [3.63, 3.8) is 0 Å². The monoisotopic (exact) mass is 542 g/mol. The molecule has 41 heavy (non-hydrogen) atoms. The molecule has 0 atom stereocenters. The highest BCUT2D eigenvalue weighted by molar-refractivity contribution is 6.46. The van der Waals surface area contributed by atoms with Gasteiger partial charge in [0.25, 0.3) is 0 Å². The van der Waals surface area contributed by atoms with Crippen molar-refractivity contribution in [3.05, 3.63) is 119 Å². The fraction of sp³-hybridized carbons (Fsp3) is 0.297. The topological polar surface area (TPSA) is 43.6 Å². The predicted molar refractivity (Wildman–Crippen MR) is 169 cm³/mol. The van der Waals surface area contributed by atoms with Crippen LogP contribution in [0.15, 0.2) is 96.2 Å². The van der Waals surface area contributed by atoms with E-state index < -0.39 is 0 Å². The van der Waals surface area contributed by atoms with Gasteiger partial charge in [0.15, 0.2) is 0 Å². The van der Waals surface area contributed by atoms with Crippen LogP contribution in [0.2, 0.25) is 0 Å². The summed E-state index contributed by atoms with van der Waals surface area (Å²) in [5.41, 5.74) is 8.53. The third-order valence-corrected chi connectivity index (χ3v) is 8.63. The molecule has 0 bridgehead atoms. The Balaban J connectivity index is 1.35. The first kappa shape index (κ1) is 27.0. The van der Waals surface area contributed by atoms with Gasteiger partial charge in [-0.05, 0) is 85.2 Å². The number of fused-ring (bicyclic) bond motifs is 3. The average Bonchev–Trinajstić information content (AvgIpc) is 3.63. The smallest absolute Gasteiger partial charge is 0.210 e. The molecule has 208 valence electrons. The molecule has 1 aliphatic rings. The summed E-state index contributed by atoms with van der Waals surface area (Å²) >= 11 is 0. The molecule has 6 rings (SSSR count). The lowest BCUT2D eigenvalue weighted by atomic mass is 9.94. The van der Waals surface area contributed by atoms with Crippen LogP contribution in [-0.4, -0.2) is 16.1 Å². The second-order valence-corrected chi connectivity index (χ2v) is 11.4. The van der Waals surface area contributed by atoms with Gasteiger partial charge in [-0.3, -0.25) is 4.79 Å². The minimum atomic E-state index is -0.0275. The van der Waals surface area contributed by atoms with E-state index in [0.717, 1.165) is 42.3 Å². The number of benzene rings is 4. The maximum Gasteiger partial charge on any atom is 0.210 e. The first-order valence-corrected chi connectivity index (χ1v) is 15.0. The number of ketones is 1. The van der Waals surface area contributed by atoms with Gasteiger partial charge in [-0.25, -0.2) is 0 Å². The van der Waals surface area contributed by atoms with Gasteiger partial charge >= 0.3 is 0 Å². The fourth-order valence-electron chi connectivity index (χ4n) is 6.36. The SMILES string of the molecule is CCn1c2ccc(Cc3ccccc3C)cc2c2cc(C(=O)C(CC3CCCC3)=NOCc3ccccc3)ccc21. The molecule has 0 N–H and O–H groups in total. The maximum absolute atomic E-state index is 14.0. The van der Waals surface area contributed by atoms with Crippen LogP contribution in [0.1, 0.15) is 71.6 Å². The summed E-state index contributed by atoms with van der Waals surface area (Å²) in [5.74, 6) is 0.466. The summed E-state index contributed by atoms with van der Waals surface area (Å²) in [5, 5.41) is 6.76. The van der Waals surface area contributed by atoms with Gasteiger partial charge in [0.1, 0.15) is 12.3 Å². The minimum Gasteiger partial charge on any atom is -0.391 e. The van der Waals surface area contributed by atoms with Crippen LogP contribution < -0.4 is 0 Å². The molecule has 0 spiro atoms. The summed E-state index contributed by atoms with van der Waals surface area (Å²) in [4.78, 5) is 19.7. The second kappa shape index (κ2) is 12.1. The quantitative estimate of drug-likeness (QED) is 0.100. The van der Waals surface area contributed by atoms with E-state index in [2.05, 4.69) is 78.2 Å². The lowest BCUT2D eigenvalue weighted by molar-refractivity contribution is 0.102. The molecule has 4 nitrogen and oxygen atoms in total. The molecule has 4 heteroatoms. The maximum atomic E-state index is 14.0. The molecule has 0 saturated heterocycles. The number of aromatic nitrogens is 1. The number of hydrogen-bond acceptors (Lipinski definition) is 3. The molecule has 5 aromatic rings. The number of hydrogen-bond donors (Lipinski definition) is 0. The van der Waals surface area contributed by atoms with E-state index in [1.807, 2.05) is 36.4 Å². The molecule has 0 unspecified atom stereocenters. The molecule has 0 radical (unpaired) electrons. The van der Waals surface area contributed by atoms with Crippen LogP contribution in [0.4, 0.5) is 0 Å². The van der Waals surface area contributed by atoms with Crippen LogP contribution in [0.5, 0.6) is 0 Å². The highest BCUT2D eigenvalue weighted by Crippen LogP contribution is 2.33. The number of aryl methyl sites for hydroxylation is 2. The summed E-state index contributed by atoms with van der Waals surface area (Å²) in [6.45, 7) is 5.57. The highest BCUT2D eigenvalue weighted by Gasteiger charge is 2.24. The van der Waals surface area contributed by atoms with E-state index in [1.54, 1.807) is 0 Å². The fourth-order valence-corrected chi connectivity index (χ4v) is 6.36. The van der Waals surface area contributed by atoms with Crippen LogP contribution >= 0.6 is 0 Å². The Morgan fingerprint density at radius 2 is 1.56 bits per heavy atom. The van der Waals surface area contributed by atoms with Crippen molar-refractivity contribution in [1.82, 2.24) is 4.57 Å². The summed E-state index contributed by atoms with van der Waals surface area (Å²) in [7, 11) is 0. The predicted octanol–water partition coefficient (Wildman–Crippen LogP) is 9.05. The molecule has 1 fully saturated rings. The third kappa shape index (κ3) is 5.83. The lowest BCUT2D eigenvalue weighted by Gasteiger charge is -2.11. The first-order chi connectivity index (χ1) is 20.1. The van der Waals surface area contributed by atoms with Crippen LogP contribution in [0, 0.1) is 12.8 Å². The van der Waals surface area contributed by atoms with Gasteiger partial charge in [-0.15, -0.1) is 0 Å². The van der Waals surface area contributed by atoms with Gasteiger partial charge in [0.05, 0.1) is 0 Å². The van der Waals surface area contributed by atoms with E-state index in [0.29, 0.717) is 30.2 Å². The average molecular weight is 543 g/mol. The van der Waals surface area contributed by atoms with Crippen molar-refractivity contribution < 1.29 is 9.63 Å². The molecule has 4 aromatic carbocycles. The molecular formula is C37H38N2O2. The van der Waals surface area contributed by atoms with Crippen molar-refractivity contribution in [2.75, 3.05) is 0 Å². The van der Waals surface area contributed by atoms with Crippen molar-refractivity contribution in [2.24, 2.45) is 11.1 Å². The number of carbonyl (C=O) groups is 1. The van der Waals surface area contributed by atoms with Gasteiger partial charge in [0, 0.05) is 33.9 Å². The van der Waals surface area contributed by atoms with Crippen molar-refractivity contribution in [1.29, 1.82) is 0 Å². The van der Waals surface area contributed by atoms with Crippen molar-refractivity contribution in [3.8, 4) is 0 Å².